The summed E-state index contributed by atoms with van der Waals surface area (Å²) in [4.78, 5) is 25.6. The first-order chi connectivity index (χ1) is 10.1. The predicted molar refractivity (Wildman–Crippen MR) is 74.8 cm³/mol. The molecule has 2 rings (SSSR count). The van der Waals surface area contributed by atoms with Crippen LogP contribution in [-0.2, 0) is 16.1 Å². The molecule has 0 aliphatic carbocycles. The van der Waals surface area contributed by atoms with E-state index < -0.39 is 5.97 Å². The maximum Gasteiger partial charge on any atom is 0.343 e. The Morgan fingerprint density at radius 1 is 1.62 bits per heavy atom. The highest BCUT2D eigenvalue weighted by molar-refractivity contribution is 6.02. The maximum atomic E-state index is 12.1. The van der Waals surface area contributed by atoms with Crippen molar-refractivity contribution < 1.29 is 19.4 Å². The Morgan fingerprint density at radius 3 is 2.95 bits per heavy atom. The Kier molecular flexibility index (Phi) is 4.92. The third-order valence-corrected chi connectivity index (χ3v) is 3.41. The number of carbonyl (C=O) groups is 2. The van der Waals surface area contributed by atoms with Gasteiger partial charge in [-0.3, -0.25) is 9.69 Å². The summed E-state index contributed by atoms with van der Waals surface area (Å²) < 4.78 is 6.44. The van der Waals surface area contributed by atoms with Crippen LogP contribution in [0.15, 0.2) is 6.20 Å². The SMILES string of the molecule is CCOC(=O)c1cnn(CCO)c1N1CC(CN)CC1=O. The van der Waals surface area contributed by atoms with Crippen molar-refractivity contribution in [1.29, 1.82) is 0 Å². The number of nitrogens with zero attached hydrogens (tertiary/aromatic N) is 3. The molecule has 1 aliphatic rings. The van der Waals surface area contributed by atoms with Gasteiger partial charge in [-0.25, -0.2) is 9.48 Å². The summed E-state index contributed by atoms with van der Waals surface area (Å²) in [5.74, 6) is -0.190. The average Bonchev–Trinajstić information content (AvgIpc) is 3.03. The number of amides is 1. The van der Waals surface area contributed by atoms with Gasteiger partial charge in [-0.2, -0.15) is 5.10 Å². The number of ether oxygens (including phenoxy) is 1. The van der Waals surface area contributed by atoms with Gasteiger partial charge in [0.25, 0.3) is 0 Å². The van der Waals surface area contributed by atoms with E-state index in [0.29, 0.717) is 25.3 Å². The van der Waals surface area contributed by atoms with Gasteiger partial charge < -0.3 is 15.6 Å². The minimum atomic E-state index is -0.527. The maximum absolute atomic E-state index is 12.1. The summed E-state index contributed by atoms with van der Waals surface area (Å²) in [6.45, 7) is 2.86. The molecule has 1 unspecified atom stereocenters. The number of esters is 1. The second-order valence-electron chi connectivity index (χ2n) is 4.86. The van der Waals surface area contributed by atoms with E-state index in [1.54, 1.807) is 6.92 Å². The average molecular weight is 296 g/mol. The van der Waals surface area contributed by atoms with Crippen molar-refractivity contribution in [2.75, 3.05) is 31.2 Å². The molecule has 0 aromatic carbocycles. The molecule has 1 aromatic rings. The van der Waals surface area contributed by atoms with Gasteiger partial charge in [-0.05, 0) is 19.4 Å². The van der Waals surface area contributed by atoms with E-state index >= 15 is 0 Å². The normalized spacial score (nSPS) is 18.3. The van der Waals surface area contributed by atoms with E-state index in [4.69, 9.17) is 15.6 Å². The molecule has 2 heterocycles. The third-order valence-electron chi connectivity index (χ3n) is 3.41. The molecule has 8 nitrogen and oxygen atoms in total. The standard InChI is InChI=1S/C13H20N4O4/c1-2-21-13(20)10-7-15-17(3-4-18)12(10)16-8-9(6-14)5-11(16)19/h7,9,18H,2-6,8,14H2,1H3. The van der Waals surface area contributed by atoms with Crippen molar-refractivity contribution in [2.45, 2.75) is 19.9 Å². The molecule has 0 bridgehead atoms. The van der Waals surface area contributed by atoms with Gasteiger partial charge in [0.1, 0.15) is 11.4 Å². The van der Waals surface area contributed by atoms with Crippen LogP contribution in [0, 0.1) is 5.92 Å². The smallest absolute Gasteiger partial charge is 0.343 e. The van der Waals surface area contributed by atoms with Gasteiger partial charge >= 0.3 is 5.97 Å². The number of aliphatic hydroxyl groups is 1. The molecule has 0 spiro atoms. The lowest BCUT2D eigenvalue weighted by molar-refractivity contribution is -0.117. The Labute approximate surface area is 122 Å². The largest absolute Gasteiger partial charge is 0.462 e. The lowest BCUT2D eigenvalue weighted by atomic mass is 10.1. The van der Waals surface area contributed by atoms with Gasteiger partial charge in [-0.15, -0.1) is 0 Å². The number of nitrogens with two attached hydrogens (primary N) is 1. The molecule has 21 heavy (non-hydrogen) atoms. The van der Waals surface area contributed by atoms with Crippen molar-refractivity contribution in [3.63, 3.8) is 0 Å². The van der Waals surface area contributed by atoms with Crippen molar-refractivity contribution in [3.8, 4) is 0 Å². The van der Waals surface area contributed by atoms with Gasteiger partial charge in [0, 0.05) is 13.0 Å². The molecule has 1 fully saturated rings. The molecular weight excluding hydrogens is 276 g/mol. The lowest BCUT2D eigenvalue weighted by Gasteiger charge is -2.19. The van der Waals surface area contributed by atoms with E-state index in [-0.39, 0.29) is 37.1 Å². The molecule has 1 aliphatic heterocycles. The van der Waals surface area contributed by atoms with Crippen LogP contribution in [0.4, 0.5) is 5.82 Å². The topological polar surface area (TPSA) is 111 Å². The van der Waals surface area contributed by atoms with Gasteiger partial charge in [0.15, 0.2) is 0 Å². The summed E-state index contributed by atoms with van der Waals surface area (Å²) in [6, 6.07) is 0. The van der Waals surface area contributed by atoms with Gasteiger partial charge in [-0.1, -0.05) is 0 Å². The molecule has 0 radical (unpaired) electrons. The fraction of sp³-hybridized carbons (Fsp3) is 0.615. The van der Waals surface area contributed by atoms with Crippen LogP contribution in [0.5, 0.6) is 0 Å². The van der Waals surface area contributed by atoms with Gasteiger partial charge in [0.2, 0.25) is 5.91 Å². The molecule has 116 valence electrons. The first-order valence-corrected chi connectivity index (χ1v) is 6.96. The first-order valence-electron chi connectivity index (χ1n) is 6.96. The zero-order chi connectivity index (χ0) is 15.4. The van der Waals surface area contributed by atoms with Crippen molar-refractivity contribution in [3.05, 3.63) is 11.8 Å². The van der Waals surface area contributed by atoms with E-state index in [9.17, 15) is 9.59 Å². The Balaban J connectivity index is 2.37. The van der Waals surface area contributed by atoms with Gasteiger partial charge in [0.05, 0.1) is 26.0 Å². The highest BCUT2D eigenvalue weighted by Crippen LogP contribution is 2.28. The molecule has 1 aromatic heterocycles. The zero-order valence-corrected chi connectivity index (χ0v) is 12.0. The predicted octanol–water partition coefficient (Wildman–Crippen LogP) is -0.636. The first kappa shape index (κ1) is 15.5. The number of aliphatic hydroxyl groups excluding tert-OH is 1. The lowest BCUT2D eigenvalue weighted by Crippen LogP contribution is -2.30. The second-order valence-corrected chi connectivity index (χ2v) is 4.86. The number of rotatable bonds is 6. The monoisotopic (exact) mass is 296 g/mol. The molecular formula is C13H20N4O4. The highest BCUT2D eigenvalue weighted by Gasteiger charge is 2.35. The minimum absolute atomic E-state index is 0.0602. The van der Waals surface area contributed by atoms with E-state index in [1.807, 2.05) is 0 Å². The molecule has 0 saturated carbocycles. The van der Waals surface area contributed by atoms with Crippen LogP contribution < -0.4 is 10.6 Å². The van der Waals surface area contributed by atoms with Crippen LogP contribution in [0.2, 0.25) is 0 Å². The van der Waals surface area contributed by atoms with Crippen LogP contribution in [0.1, 0.15) is 23.7 Å². The minimum Gasteiger partial charge on any atom is -0.462 e. The Hall–Kier alpha value is -1.93. The van der Waals surface area contributed by atoms with Crippen molar-refractivity contribution in [2.24, 2.45) is 11.7 Å². The number of carbonyl (C=O) groups excluding carboxylic acids is 2. The molecule has 1 saturated heterocycles. The number of anilines is 1. The summed E-state index contributed by atoms with van der Waals surface area (Å²) >= 11 is 0. The van der Waals surface area contributed by atoms with E-state index in [2.05, 4.69) is 5.10 Å². The van der Waals surface area contributed by atoms with Crippen LogP contribution in [0.25, 0.3) is 0 Å². The molecule has 8 heteroatoms. The molecule has 1 amide bonds. The fourth-order valence-corrected chi connectivity index (χ4v) is 2.42. The second kappa shape index (κ2) is 6.68. The van der Waals surface area contributed by atoms with Crippen LogP contribution in [-0.4, -0.2) is 53.1 Å². The highest BCUT2D eigenvalue weighted by atomic mass is 16.5. The Morgan fingerprint density at radius 2 is 2.38 bits per heavy atom. The van der Waals surface area contributed by atoms with Crippen LogP contribution in [0.3, 0.4) is 0 Å². The molecule has 3 N–H and O–H groups in total. The van der Waals surface area contributed by atoms with E-state index in [1.165, 1.54) is 15.8 Å². The third kappa shape index (κ3) is 3.06. The summed E-state index contributed by atoms with van der Waals surface area (Å²) in [5, 5.41) is 13.2. The quantitative estimate of drug-likeness (QED) is 0.676. The number of aromatic nitrogens is 2. The number of hydrogen-bond acceptors (Lipinski definition) is 6. The zero-order valence-electron chi connectivity index (χ0n) is 12.0. The summed E-state index contributed by atoms with van der Waals surface area (Å²) in [5.41, 5.74) is 5.85. The number of hydrogen-bond donors (Lipinski definition) is 2. The Bertz CT molecular complexity index is 528. The fourth-order valence-electron chi connectivity index (χ4n) is 2.42. The molecule has 1 atom stereocenters. The van der Waals surface area contributed by atoms with Crippen molar-refractivity contribution in [1.82, 2.24) is 9.78 Å². The van der Waals surface area contributed by atoms with E-state index in [0.717, 1.165) is 0 Å². The summed E-state index contributed by atoms with van der Waals surface area (Å²) in [7, 11) is 0. The summed E-state index contributed by atoms with van der Waals surface area (Å²) in [6.07, 6.45) is 1.72. The van der Waals surface area contributed by atoms with Crippen molar-refractivity contribution >= 4 is 17.7 Å². The van der Waals surface area contributed by atoms with Crippen LogP contribution >= 0.6 is 0 Å².